The lowest BCUT2D eigenvalue weighted by Gasteiger charge is -2.16. The van der Waals surface area contributed by atoms with Gasteiger partial charge in [0.15, 0.2) is 0 Å². The van der Waals surface area contributed by atoms with E-state index in [9.17, 15) is 0 Å². The van der Waals surface area contributed by atoms with Gasteiger partial charge >= 0.3 is 0 Å². The van der Waals surface area contributed by atoms with E-state index in [1.54, 1.807) is 0 Å². The monoisotopic (exact) mass is 331 g/mol. The molecule has 3 heterocycles. The van der Waals surface area contributed by atoms with Gasteiger partial charge in [0.1, 0.15) is 5.82 Å². The largest absolute Gasteiger partial charge is 0.343 e. The van der Waals surface area contributed by atoms with Gasteiger partial charge < -0.3 is 9.42 Å². The molecule has 118 valence electrons. The van der Waals surface area contributed by atoms with E-state index in [4.69, 9.17) is 4.52 Å². The van der Waals surface area contributed by atoms with E-state index in [0.717, 1.165) is 10.7 Å². The lowest BCUT2D eigenvalue weighted by molar-refractivity contribution is 0.136. The van der Waals surface area contributed by atoms with Gasteiger partial charge in [0.2, 0.25) is 16.6 Å². The van der Waals surface area contributed by atoms with Crippen molar-refractivity contribution in [2.24, 2.45) is 0 Å². The zero-order chi connectivity index (χ0) is 15.9. The van der Waals surface area contributed by atoms with Crippen LogP contribution >= 0.6 is 11.5 Å². The normalized spacial score (nSPS) is 21.0. The molecular formula is C15H14FN5OS. The number of alkyl halides is 1. The van der Waals surface area contributed by atoms with Crippen molar-refractivity contribution in [1.29, 1.82) is 0 Å². The molecule has 2 aromatic heterocycles. The maximum Gasteiger partial charge on any atom is 0.266 e. The predicted molar refractivity (Wildman–Crippen MR) is 84.0 cm³/mol. The van der Waals surface area contributed by atoms with Crippen LogP contribution in [0.4, 0.5) is 9.52 Å². The van der Waals surface area contributed by atoms with Crippen LogP contribution in [0, 0.1) is 6.92 Å². The molecule has 1 aliphatic rings. The second-order valence-corrected chi connectivity index (χ2v) is 6.28. The fourth-order valence-electron chi connectivity index (χ4n) is 2.64. The Morgan fingerprint density at radius 1 is 1.26 bits per heavy atom. The van der Waals surface area contributed by atoms with Crippen molar-refractivity contribution in [3.63, 3.8) is 0 Å². The van der Waals surface area contributed by atoms with Crippen molar-refractivity contribution >= 4 is 16.7 Å². The number of rotatable bonds is 3. The first kappa shape index (κ1) is 14.3. The average Bonchev–Trinajstić information content (AvgIpc) is 3.28. The summed E-state index contributed by atoms with van der Waals surface area (Å²) in [7, 11) is 0. The first-order valence-corrected chi connectivity index (χ1v) is 8.05. The Hall–Kier alpha value is -2.35. The number of aryl methyl sites for hydroxylation is 1. The number of hydrogen-bond acceptors (Lipinski definition) is 7. The minimum Gasteiger partial charge on any atom is -0.343 e. The first-order valence-electron chi connectivity index (χ1n) is 7.28. The van der Waals surface area contributed by atoms with E-state index in [0.29, 0.717) is 24.6 Å². The van der Waals surface area contributed by atoms with Crippen LogP contribution in [0.3, 0.4) is 0 Å². The molecule has 0 radical (unpaired) electrons. The number of aromatic nitrogens is 4. The van der Waals surface area contributed by atoms with Gasteiger partial charge in [0.05, 0.1) is 6.54 Å². The molecule has 4 rings (SSSR count). The van der Waals surface area contributed by atoms with E-state index in [1.165, 1.54) is 11.5 Å². The van der Waals surface area contributed by atoms with Crippen molar-refractivity contribution in [2.75, 3.05) is 18.0 Å². The molecule has 0 aliphatic carbocycles. The maximum absolute atomic E-state index is 15.2. The summed E-state index contributed by atoms with van der Waals surface area (Å²) < 4.78 is 24.6. The third kappa shape index (κ3) is 2.59. The third-order valence-corrected chi connectivity index (χ3v) is 4.72. The maximum atomic E-state index is 15.2. The van der Waals surface area contributed by atoms with E-state index >= 15 is 4.39 Å². The molecule has 0 bridgehead atoms. The number of benzene rings is 1. The lowest BCUT2D eigenvalue weighted by atomic mass is 10.1. The lowest BCUT2D eigenvalue weighted by Crippen LogP contribution is -2.27. The summed E-state index contributed by atoms with van der Waals surface area (Å²) in [6.45, 7) is 2.52. The van der Waals surface area contributed by atoms with Crippen LogP contribution in [0.5, 0.6) is 0 Å². The highest BCUT2D eigenvalue weighted by molar-refractivity contribution is 7.09. The van der Waals surface area contributed by atoms with Crippen LogP contribution in [0.1, 0.15) is 18.1 Å². The molecule has 1 atom stereocenters. The molecule has 0 amide bonds. The standard InChI is InChI=1S/C15H14FN5OS/c1-10-17-14(23-20-10)21-8-7-15(16,9-21)13-18-12(19-22-13)11-5-3-2-4-6-11/h2-6H,7-9H2,1H3. The Morgan fingerprint density at radius 3 is 2.83 bits per heavy atom. The van der Waals surface area contributed by atoms with Gasteiger partial charge in [-0.25, -0.2) is 9.37 Å². The molecule has 0 spiro atoms. The molecule has 3 aromatic rings. The molecule has 1 fully saturated rings. The predicted octanol–water partition coefficient (Wildman–Crippen LogP) is 2.97. The Labute approximate surface area is 136 Å². The summed E-state index contributed by atoms with van der Waals surface area (Å²) in [6.07, 6.45) is 0.294. The van der Waals surface area contributed by atoms with Crippen LogP contribution in [-0.2, 0) is 5.67 Å². The summed E-state index contributed by atoms with van der Waals surface area (Å²) in [4.78, 5) is 10.4. The van der Waals surface area contributed by atoms with Crippen molar-refractivity contribution in [2.45, 2.75) is 19.0 Å². The molecule has 1 aliphatic heterocycles. The Balaban J connectivity index is 1.57. The zero-order valence-corrected chi connectivity index (χ0v) is 13.3. The van der Waals surface area contributed by atoms with E-state index in [1.807, 2.05) is 42.2 Å². The molecule has 8 heteroatoms. The van der Waals surface area contributed by atoms with Crippen molar-refractivity contribution < 1.29 is 8.91 Å². The second-order valence-electron chi connectivity index (χ2n) is 5.55. The van der Waals surface area contributed by atoms with Crippen LogP contribution < -0.4 is 4.90 Å². The highest BCUT2D eigenvalue weighted by Crippen LogP contribution is 2.38. The van der Waals surface area contributed by atoms with Gasteiger partial charge in [0, 0.05) is 30.1 Å². The van der Waals surface area contributed by atoms with Gasteiger partial charge in [-0.15, -0.1) is 0 Å². The van der Waals surface area contributed by atoms with Crippen LogP contribution in [0.2, 0.25) is 0 Å². The summed E-state index contributed by atoms with van der Waals surface area (Å²) in [5, 5.41) is 4.63. The third-order valence-electron chi connectivity index (χ3n) is 3.85. The van der Waals surface area contributed by atoms with Crippen LogP contribution in [-0.4, -0.2) is 32.6 Å². The number of hydrogen-bond donors (Lipinski definition) is 0. The highest BCUT2D eigenvalue weighted by atomic mass is 32.1. The molecular weight excluding hydrogens is 317 g/mol. The smallest absolute Gasteiger partial charge is 0.266 e. The second kappa shape index (κ2) is 5.38. The average molecular weight is 331 g/mol. The molecule has 23 heavy (non-hydrogen) atoms. The van der Waals surface area contributed by atoms with E-state index in [2.05, 4.69) is 19.5 Å². The molecule has 1 aromatic carbocycles. The first-order chi connectivity index (χ1) is 11.1. The molecule has 6 nitrogen and oxygen atoms in total. The van der Waals surface area contributed by atoms with Crippen LogP contribution in [0.25, 0.3) is 11.4 Å². The van der Waals surface area contributed by atoms with Gasteiger partial charge in [-0.1, -0.05) is 35.5 Å². The number of halogens is 1. The van der Waals surface area contributed by atoms with Gasteiger partial charge in [-0.3, -0.25) is 0 Å². The number of nitrogens with zero attached hydrogens (tertiary/aromatic N) is 5. The topological polar surface area (TPSA) is 67.9 Å². The minimum atomic E-state index is -1.65. The van der Waals surface area contributed by atoms with Gasteiger partial charge in [0.25, 0.3) is 5.89 Å². The SMILES string of the molecule is Cc1nsc(N2CCC(F)(c3nc(-c4ccccc4)no3)C2)n1. The fourth-order valence-corrected chi connectivity index (χ4v) is 3.33. The zero-order valence-electron chi connectivity index (χ0n) is 12.4. The van der Waals surface area contributed by atoms with Gasteiger partial charge in [-0.05, 0) is 6.92 Å². The summed E-state index contributed by atoms with van der Waals surface area (Å²) in [5.74, 6) is 1.13. The van der Waals surface area contributed by atoms with Crippen molar-refractivity contribution in [1.82, 2.24) is 19.5 Å². The molecule has 0 saturated carbocycles. The number of anilines is 1. The summed E-state index contributed by atoms with van der Waals surface area (Å²) in [5.41, 5.74) is -0.847. The fraction of sp³-hybridized carbons (Fsp3) is 0.333. The van der Waals surface area contributed by atoms with Gasteiger partial charge in [-0.2, -0.15) is 9.36 Å². The molecule has 0 N–H and O–H groups in total. The van der Waals surface area contributed by atoms with E-state index in [-0.39, 0.29) is 12.4 Å². The molecule has 1 unspecified atom stereocenters. The van der Waals surface area contributed by atoms with E-state index < -0.39 is 5.67 Å². The van der Waals surface area contributed by atoms with Crippen molar-refractivity contribution in [3.8, 4) is 11.4 Å². The Morgan fingerprint density at radius 2 is 2.09 bits per heavy atom. The Bertz CT molecular complexity index is 820. The molecule has 1 saturated heterocycles. The minimum absolute atomic E-state index is 0.0279. The highest BCUT2D eigenvalue weighted by Gasteiger charge is 2.46. The summed E-state index contributed by atoms with van der Waals surface area (Å²) in [6, 6.07) is 9.40. The van der Waals surface area contributed by atoms with Crippen LogP contribution in [0.15, 0.2) is 34.9 Å². The summed E-state index contributed by atoms with van der Waals surface area (Å²) >= 11 is 1.28. The Kier molecular flexibility index (Phi) is 3.33. The van der Waals surface area contributed by atoms with Crippen molar-refractivity contribution in [3.05, 3.63) is 42.0 Å². The quantitative estimate of drug-likeness (QED) is 0.735.